The largest absolute Gasteiger partial charge is 0.480 e. The van der Waals surface area contributed by atoms with Crippen LogP contribution < -0.4 is 4.90 Å². The molecule has 2 aliphatic heterocycles. The normalized spacial score (nSPS) is 22.5. The van der Waals surface area contributed by atoms with Gasteiger partial charge in [0.1, 0.15) is 10.9 Å². The Balaban J connectivity index is 1.34. The second-order valence-electron chi connectivity index (χ2n) is 12.1. The van der Waals surface area contributed by atoms with Crippen molar-refractivity contribution in [3.8, 4) is 0 Å². The molecule has 206 valence electrons. The summed E-state index contributed by atoms with van der Waals surface area (Å²) in [5, 5.41) is 9.11. The van der Waals surface area contributed by atoms with Crippen molar-refractivity contribution >= 4 is 69.4 Å². The lowest BCUT2D eigenvalue weighted by atomic mass is 9.86. The molecule has 2 fully saturated rings. The van der Waals surface area contributed by atoms with Crippen molar-refractivity contribution in [2.75, 3.05) is 17.2 Å². The molecule has 39 heavy (non-hydrogen) atoms. The number of carboxylic acids is 1. The van der Waals surface area contributed by atoms with Crippen LogP contribution in [0.2, 0.25) is 0 Å². The van der Waals surface area contributed by atoms with Gasteiger partial charge >= 0.3 is 5.97 Å². The third-order valence-electron chi connectivity index (χ3n) is 7.60. The first kappa shape index (κ1) is 28.2. The van der Waals surface area contributed by atoms with Gasteiger partial charge in [-0.1, -0.05) is 64.2 Å². The van der Waals surface area contributed by atoms with E-state index in [0.29, 0.717) is 32.5 Å². The number of thioether (sulfide) groups is 2. The Labute approximate surface area is 245 Å². The van der Waals surface area contributed by atoms with Gasteiger partial charge in [-0.3, -0.25) is 14.5 Å². The molecule has 5 rings (SSSR count). The number of hydrogen-bond donors (Lipinski definition) is 1. The van der Waals surface area contributed by atoms with Crippen LogP contribution in [0.1, 0.15) is 70.4 Å². The quantitative estimate of drug-likeness (QED) is 0.193. The van der Waals surface area contributed by atoms with Gasteiger partial charge in [-0.15, -0.1) is 11.8 Å². The van der Waals surface area contributed by atoms with Gasteiger partial charge in [0.15, 0.2) is 0 Å². The summed E-state index contributed by atoms with van der Waals surface area (Å²) in [6, 6.07) is 16.0. The van der Waals surface area contributed by atoms with Gasteiger partial charge in [-0.2, -0.15) is 0 Å². The van der Waals surface area contributed by atoms with E-state index in [9.17, 15) is 9.59 Å². The summed E-state index contributed by atoms with van der Waals surface area (Å²) < 4.78 is 0.294. The van der Waals surface area contributed by atoms with Crippen LogP contribution in [-0.4, -0.2) is 44.5 Å². The van der Waals surface area contributed by atoms with Crippen LogP contribution in [-0.2, 0) is 9.59 Å². The fourth-order valence-electron chi connectivity index (χ4n) is 6.27. The van der Waals surface area contributed by atoms with E-state index >= 15 is 0 Å². The molecule has 0 bridgehead atoms. The van der Waals surface area contributed by atoms with Crippen molar-refractivity contribution in [3.05, 3.63) is 58.5 Å². The number of hydrogen-bond acceptors (Lipinski definition) is 6. The average Bonchev–Trinajstić information content (AvgIpc) is 3.52. The number of carbonyl (C=O) groups is 2. The lowest BCUT2D eigenvalue weighted by Crippen LogP contribution is -2.33. The maximum Gasteiger partial charge on any atom is 0.323 e. The van der Waals surface area contributed by atoms with Crippen molar-refractivity contribution in [3.63, 3.8) is 0 Å². The number of carboxylic acid groups (broad SMARTS) is 1. The molecule has 0 aromatic heterocycles. The summed E-state index contributed by atoms with van der Waals surface area (Å²) in [5.74, 6) is 0.879. The zero-order valence-electron chi connectivity index (χ0n) is 23.0. The minimum absolute atomic E-state index is 0.294. The molecule has 5 nitrogen and oxygen atoms in total. The molecule has 3 unspecified atom stereocenters. The summed E-state index contributed by atoms with van der Waals surface area (Å²) in [4.78, 5) is 29.3. The molecular formula is C31H36N2O3S3. The first-order chi connectivity index (χ1) is 18.5. The number of aliphatic carboxylic acids is 1. The van der Waals surface area contributed by atoms with Crippen molar-refractivity contribution in [1.29, 1.82) is 0 Å². The lowest BCUT2D eigenvalue weighted by molar-refractivity contribution is -0.140. The second kappa shape index (κ2) is 11.3. The van der Waals surface area contributed by atoms with Crippen LogP contribution in [0.4, 0.5) is 11.4 Å². The molecule has 1 saturated heterocycles. The van der Waals surface area contributed by atoms with E-state index < -0.39 is 12.5 Å². The number of amides is 1. The van der Waals surface area contributed by atoms with E-state index in [-0.39, 0.29) is 5.91 Å². The molecule has 3 atom stereocenters. The number of fused-ring (bicyclic) bond motifs is 3. The van der Waals surface area contributed by atoms with Gasteiger partial charge in [-0.05, 0) is 84.2 Å². The number of benzene rings is 2. The van der Waals surface area contributed by atoms with Crippen LogP contribution in [0.25, 0.3) is 6.08 Å². The van der Waals surface area contributed by atoms with Crippen LogP contribution in [0, 0.1) is 11.3 Å². The summed E-state index contributed by atoms with van der Waals surface area (Å²) in [7, 11) is 0. The molecule has 2 heterocycles. The Morgan fingerprint density at radius 2 is 1.95 bits per heavy atom. The second-order valence-corrected chi connectivity index (χ2v) is 14.9. The van der Waals surface area contributed by atoms with E-state index in [1.54, 1.807) is 0 Å². The number of thiocarbonyl (C=S) groups is 1. The van der Waals surface area contributed by atoms with E-state index in [4.69, 9.17) is 17.3 Å². The van der Waals surface area contributed by atoms with E-state index in [0.717, 1.165) is 22.6 Å². The zero-order valence-corrected chi connectivity index (χ0v) is 25.4. The fourth-order valence-corrected chi connectivity index (χ4v) is 8.45. The molecule has 1 N–H and O–H groups in total. The standard InChI is InChI=1S/C31H36N2O3S3/c1-19(16-31(2,3)4)18-38-22-11-9-21(10-12-22)33-25-7-5-6-23(25)24-14-20(8-13-26(24)33)15-27-29(36)32(17-28(34)35)30(37)39-27/h8-15,19,23,25H,5-7,16-18H2,1-4H3,(H,34,35)/b27-15-. The van der Waals surface area contributed by atoms with Crippen LogP contribution in [0.5, 0.6) is 0 Å². The molecule has 3 aliphatic rings. The van der Waals surface area contributed by atoms with Crippen molar-refractivity contribution in [2.45, 2.75) is 70.2 Å². The van der Waals surface area contributed by atoms with Crippen LogP contribution in [0.3, 0.4) is 0 Å². The Morgan fingerprint density at radius 1 is 1.21 bits per heavy atom. The first-order valence-electron chi connectivity index (χ1n) is 13.6. The predicted molar refractivity (Wildman–Crippen MR) is 167 cm³/mol. The van der Waals surface area contributed by atoms with Gasteiger partial charge in [0.05, 0.1) is 4.91 Å². The summed E-state index contributed by atoms with van der Waals surface area (Å²) in [6.07, 6.45) is 6.62. The maximum absolute atomic E-state index is 12.8. The smallest absolute Gasteiger partial charge is 0.323 e. The highest BCUT2D eigenvalue weighted by Gasteiger charge is 2.42. The summed E-state index contributed by atoms with van der Waals surface area (Å²) in [5.41, 5.74) is 5.13. The highest BCUT2D eigenvalue weighted by molar-refractivity contribution is 8.26. The van der Waals surface area contributed by atoms with Gasteiger partial charge < -0.3 is 10.0 Å². The molecule has 8 heteroatoms. The number of carbonyl (C=O) groups excluding carboxylic acids is 1. The molecule has 2 aromatic rings. The van der Waals surface area contributed by atoms with E-state index in [1.807, 2.05) is 17.8 Å². The monoisotopic (exact) mass is 580 g/mol. The Morgan fingerprint density at radius 3 is 2.64 bits per heavy atom. The highest BCUT2D eigenvalue weighted by Crippen LogP contribution is 2.52. The molecule has 1 aliphatic carbocycles. The highest BCUT2D eigenvalue weighted by atomic mass is 32.2. The van der Waals surface area contributed by atoms with Crippen LogP contribution in [0.15, 0.2) is 52.3 Å². The Kier molecular flexibility index (Phi) is 8.18. The average molecular weight is 581 g/mol. The van der Waals surface area contributed by atoms with Gasteiger partial charge in [0.2, 0.25) is 0 Å². The maximum atomic E-state index is 12.8. The summed E-state index contributed by atoms with van der Waals surface area (Å²) in [6.45, 7) is 8.88. The molecule has 2 aromatic carbocycles. The molecule has 1 saturated carbocycles. The third-order valence-corrected chi connectivity index (χ3v) is 10.3. The minimum Gasteiger partial charge on any atom is -0.480 e. The predicted octanol–water partition coefficient (Wildman–Crippen LogP) is 7.92. The zero-order chi connectivity index (χ0) is 27.9. The topological polar surface area (TPSA) is 60.9 Å². The lowest BCUT2D eigenvalue weighted by Gasteiger charge is -2.27. The number of rotatable bonds is 8. The van der Waals surface area contributed by atoms with Crippen LogP contribution >= 0.6 is 35.7 Å². The van der Waals surface area contributed by atoms with Gasteiger partial charge in [0.25, 0.3) is 5.91 Å². The molecular weight excluding hydrogens is 545 g/mol. The van der Waals surface area contributed by atoms with E-state index in [1.165, 1.54) is 52.9 Å². The number of anilines is 2. The van der Waals surface area contributed by atoms with Crippen molar-refractivity contribution in [1.82, 2.24) is 4.90 Å². The van der Waals surface area contributed by atoms with Crippen molar-refractivity contribution < 1.29 is 14.7 Å². The third kappa shape index (κ3) is 6.23. The van der Waals surface area contributed by atoms with Crippen molar-refractivity contribution in [2.24, 2.45) is 11.3 Å². The SMILES string of the molecule is CC(CSc1ccc(N2c3ccc(/C=C4\SC(=S)N(CC(=O)O)C4=O)cc3C3CCCC32)cc1)CC(C)(C)C. The number of nitrogens with zero attached hydrogens (tertiary/aromatic N) is 2. The first-order valence-corrected chi connectivity index (χ1v) is 15.8. The molecule has 1 amide bonds. The fraction of sp³-hybridized carbons (Fsp3) is 0.452. The molecule has 0 radical (unpaired) electrons. The minimum atomic E-state index is -1.07. The Hall–Kier alpha value is -2.29. The Bertz CT molecular complexity index is 1320. The molecule has 0 spiro atoms. The van der Waals surface area contributed by atoms with E-state index in [2.05, 4.69) is 75.1 Å². The van der Waals surface area contributed by atoms with Gasteiger partial charge in [-0.25, -0.2) is 0 Å². The van der Waals surface area contributed by atoms with Gasteiger partial charge in [0, 0.05) is 34.0 Å². The summed E-state index contributed by atoms with van der Waals surface area (Å²) >= 11 is 8.37.